The molecule has 1 aliphatic carbocycles. The molecule has 1 saturated carbocycles. The van der Waals surface area contributed by atoms with Crippen LogP contribution in [-0.4, -0.2) is 0 Å². The summed E-state index contributed by atoms with van der Waals surface area (Å²) in [7, 11) is 0. The number of halogens is 1. The lowest BCUT2D eigenvalue weighted by atomic mass is 9.80. The zero-order valence-electron chi connectivity index (χ0n) is 9.59. The van der Waals surface area contributed by atoms with Gasteiger partial charge in [-0.2, -0.15) is 5.26 Å². The summed E-state index contributed by atoms with van der Waals surface area (Å²) in [5.41, 5.74) is 1.88. The van der Waals surface area contributed by atoms with Gasteiger partial charge in [-0.3, -0.25) is 0 Å². The molecular weight excluding hydrogens is 201 g/mol. The van der Waals surface area contributed by atoms with E-state index in [0.29, 0.717) is 0 Å². The van der Waals surface area contributed by atoms with Crippen molar-refractivity contribution in [1.82, 2.24) is 0 Å². The fraction of sp³-hybridized carbons (Fsp3) is 0.500. The van der Waals surface area contributed by atoms with Crippen LogP contribution >= 0.6 is 0 Å². The predicted molar refractivity (Wildman–Crippen MR) is 61.4 cm³/mol. The van der Waals surface area contributed by atoms with Crippen molar-refractivity contribution in [3.63, 3.8) is 0 Å². The van der Waals surface area contributed by atoms with Crippen molar-refractivity contribution in [1.29, 1.82) is 5.26 Å². The molecule has 16 heavy (non-hydrogen) atoms. The smallest absolute Gasteiger partial charge is 0.123 e. The van der Waals surface area contributed by atoms with Crippen LogP contribution < -0.4 is 0 Å². The van der Waals surface area contributed by atoms with Crippen molar-refractivity contribution in [2.45, 2.75) is 39.0 Å². The number of benzene rings is 1. The van der Waals surface area contributed by atoms with Crippen molar-refractivity contribution in [3.05, 3.63) is 35.1 Å². The quantitative estimate of drug-likeness (QED) is 0.740. The third kappa shape index (κ3) is 2.09. The molecule has 1 fully saturated rings. The van der Waals surface area contributed by atoms with Gasteiger partial charge in [0.15, 0.2) is 0 Å². The van der Waals surface area contributed by atoms with Crippen molar-refractivity contribution in [2.24, 2.45) is 5.41 Å². The Hall–Kier alpha value is -1.36. The summed E-state index contributed by atoms with van der Waals surface area (Å²) < 4.78 is 13.0. The van der Waals surface area contributed by atoms with E-state index in [1.165, 1.54) is 6.07 Å². The lowest BCUT2D eigenvalue weighted by molar-refractivity contribution is 0.407. The van der Waals surface area contributed by atoms with Gasteiger partial charge in [-0.25, -0.2) is 4.39 Å². The summed E-state index contributed by atoms with van der Waals surface area (Å²) in [6, 6.07) is 7.33. The van der Waals surface area contributed by atoms with Crippen LogP contribution in [0.4, 0.5) is 4.39 Å². The van der Waals surface area contributed by atoms with E-state index in [0.717, 1.165) is 43.2 Å². The Bertz CT molecular complexity index is 425. The van der Waals surface area contributed by atoms with Gasteiger partial charge in [-0.1, -0.05) is 18.9 Å². The molecule has 1 aromatic carbocycles. The predicted octanol–water partition coefficient (Wildman–Crippen LogP) is 3.76. The minimum atomic E-state index is -0.196. The normalized spacial score (nSPS) is 18.3. The molecule has 1 nitrogen and oxygen atoms in total. The van der Waals surface area contributed by atoms with E-state index in [4.69, 9.17) is 0 Å². The van der Waals surface area contributed by atoms with E-state index in [1.54, 1.807) is 6.07 Å². The maximum Gasteiger partial charge on any atom is 0.123 e. The Morgan fingerprint density at radius 1 is 1.38 bits per heavy atom. The van der Waals surface area contributed by atoms with Crippen LogP contribution in [-0.2, 0) is 6.42 Å². The average Bonchev–Trinajstić information content (AvgIpc) is 2.72. The fourth-order valence-corrected chi connectivity index (χ4v) is 2.60. The molecular formula is C14H16FN. The monoisotopic (exact) mass is 217 g/mol. The molecule has 0 bridgehead atoms. The van der Waals surface area contributed by atoms with E-state index in [1.807, 2.05) is 13.0 Å². The Morgan fingerprint density at radius 3 is 2.62 bits per heavy atom. The zero-order chi connectivity index (χ0) is 11.6. The summed E-state index contributed by atoms with van der Waals surface area (Å²) in [5.74, 6) is -0.196. The minimum absolute atomic E-state index is 0.192. The van der Waals surface area contributed by atoms with E-state index in [2.05, 4.69) is 6.07 Å². The highest BCUT2D eigenvalue weighted by atomic mass is 19.1. The highest BCUT2D eigenvalue weighted by Crippen LogP contribution is 2.40. The molecule has 0 saturated heterocycles. The number of rotatable bonds is 2. The molecule has 0 spiro atoms. The molecule has 1 aliphatic rings. The second-order valence-electron chi connectivity index (χ2n) is 4.85. The fourth-order valence-electron chi connectivity index (χ4n) is 2.60. The van der Waals surface area contributed by atoms with Gasteiger partial charge < -0.3 is 0 Å². The first kappa shape index (κ1) is 11.1. The van der Waals surface area contributed by atoms with Gasteiger partial charge in [0.05, 0.1) is 11.5 Å². The van der Waals surface area contributed by atoms with E-state index in [-0.39, 0.29) is 11.2 Å². The molecule has 0 aromatic heterocycles. The van der Waals surface area contributed by atoms with Crippen molar-refractivity contribution < 1.29 is 4.39 Å². The van der Waals surface area contributed by atoms with Crippen molar-refractivity contribution >= 4 is 0 Å². The lowest BCUT2D eigenvalue weighted by Gasteiger charge is -2.21. The molecule has 0 aliphatic heterocycles. The van der Waals surface area contributed by atoms with Gasteiger partial charge in [0.1, 0.15) is 5.82 Å². The molecule has 0 heterocycles. The Labute approximate surface area is 95.9 Å². The first-order valence-corrected chi connectivity index (χ1v) is 5.81. The Balaban J connectivity index is 2.23. The Kier molecular flexibility index (Phi) is 2.96. The maximum atomic E-state index is 13.0. The molecule has 0 unspecified atom stereocenters. The number of hydrogen-bond donors (Lipinski definition) is 0. The van der Waals surface area contributed by atoms with Crippen LogP contribution in [0, 0.1) is 29.5 Å². The maximum absolute atomic E-state index is 13.0. The first-order chi connectivity index (χ1) is 7.65. The third-order valence-corrected chi connectivity index (χ3v) is 3.63. The SMILES string of the molecule is Cc1cc(F)ccc1CC1(C#N)CCCC1. The van der Waals surface area contributed by atoms with E-state index >= 15 is 0 Å². The van der Waals surface area contributed by atoms with Gasteiger partial charge in [0, 0.05) is 0 Å². The molecule has 0 atom stereocenters. The summed E-state index contributed by atoms with van der Waals surface area (Å²) in [5, 5.41) is 9.30. The van der Waals surface area contributed by atoms with Gasteiger partial charge in [-0.05, 0) is 49.4 Å². The van der Waals surface area contributed by atoms with Crippen LogP contribution in [0.15, 0.2) is 18.2 Å². The average molecular weight is 217 g/mol. The van der Waals surface area contributed by atoms with Crippen molar-refractivity contribution in [2.75, 3.05) is 0 Å². The molecule has 0 N–H and O–H groups in total. The van der Waals surface area contributed by atoms with Crippen LogP contribution in [0.3, 0.4) is 0 Å². The first-order valence-electron chi connectivity index (χ1n) is 5.81. The van der Waals surface area contributed by atoms with Gasteiger partial charge in [-0.15, -0.1) is 0 Å². The number of hydrogen-bond acceptors (Lipinski definition) is 1. The van der Waals surface area contributed by atoms with E-state index in [9.17, 15) is 9.65 Å². The second-order valence-corrected chi connectivity index (χ2v) is 4.85. The molecule has 0 amide bonds. The second kappa shape index (κ2) is 4.25. The van der Waals surface area contributed by atoms with Crippen LogP contribution in [0.1, 0.15) is 36.8 Å². The highest BCUT2D eigenvalue weighted by molar-refractivity contribution is 5.29. The van der Waals surface area contributed by atoms with Gasteiger partial charge in [0.2, 0.25) is 0 Å². The van der Waals surface area contributed by atoms with E-state index < -0.39 is 0 Å². The molecule has 84 valence electrons. The minimum Gasteiger partial charge on any atom is -0.207 e. The summed E-state index contributed by atoms with van der Waals surface area (Å²) in [6.45, 7) is 1.92. The molecule has 1 aromatic rings. The summed E-state index contributed by atoms with van der Waals surface area (Å²) in [6.07, 6.45) is 5.04. The number of aryl methyl sites for hydroxylation is 1. The van der Waals surface area contributed by atoms with Crippen LogP contribution in [0.2, 0.25) is 0 Å². The number of nitriles is 1. The number of nitrogens with zero attached hydrogens (tertiary/aromatic N) is 1. The van der Waals surface area contributed by atoms with Gasteiger partial charge in [0.25, 0.3) is 0 Å². The zero-order valence-corrected chi connectivity index (χ0v) is 9.59. The summed E-state index contributed by atoms with van der Waals surface area (Å²) >= 11 is 0. The molecule has 0 radical (unpaired) electrons. The standard InChI is InChI=1S/C14H16FN/c1-11-8-13(15)5-4-12(11)9-14(10-16)6-2-3-7-14/h4-5,8H,2-3,6-7,9H2,1H3. The third-order valence-electron chi connectivity index (χ3n) is 3.63. The van der Waals surface area contributed by atoms with Crippen LogP contribution in [0.5, 0.6) is 0 Å². The van der Waals surface area contributed by atoms with Crippen molar-refractivity contribution in [3.8, 4) is 6.07 Å². The Morgan fingerprint density at radius 2 is 2.06 bits per heavy atom. The topological polar surface area (TPSA) is 23.8 Å². The van der Waals surface area contributed by atoms with Gasteiger partial charge >= 0.3 is 0 Å². The lowest BCUT2D eigenvalue weighted by Crippen LogP contribution is -2.17. The summed E-state index contributed by atoms with van der Waals surface area (Å²) in [4.78, 5) is 0. The molecule has 2 rings (SSSR count). The largest absolute Gasteiger partial charge is 0.207 e. The molecule has 2 heteroatoms. The highest BCUT2D eigenvalue weighted by Gasteiger charge is 2.34. The van der Waals surface area contributed by atoms with Crippen LogP contribution in [0.25, 0.3) is 0 Å².